The molecular formula is C15H17Br2ClO. The van der Waals surface area contributed by atoms with Gasteiger partial charge in [0.2, 0.25) is 0 Å². The van der Waals surface area contributed by atoms with E-state index in [2.05, 4.69) is 45.7 Å². The Kier molecular flexibility index (Phi) is 4.49. The number of carbonyl (C=O) groups is 1. The van der Waals surface area contributed by atoms with E-state index in [0.717, 1.165) is 18.4 Å². The molecule has 2 rings (SSSR count). The second kappa shape index (κ2) is 5.50. The van der Waals surface area contributed by atoms with Crippen LogP contribution in [0.2, 0.25) is 5.02 Å². The lowest BCUT2D eigenvalue weighted by Crippen LogP contribution is -2.43. The number of halogens is 3. The number of carbonyl (C=O) groups excluding carboxylic acids is 1. The third-order valence-corrected chi connectivity index (χ3v) is 7.31. The molecule has 1 nitrogen and oxygen atoms in total. The summed E-state index contributed by atoms with van der Waals surface area (Å²) in [6.07, 6.45) is 2.50. The highest BCUT2D eigenvalue weighted by Crippen LogP contribution is 2.51. The molecule has 1 aliphatic carbocycles. The minimum absolute atomic E-state index is 0.0270. The molecule has 0 radical (unpaired) electrons. The maximum Gasteiger partial charge on any atom is 0.151 e. The second-order valence-electron chi connectivity index (χ2n) is 6.04. The van der Waals surface area contributed by atoms with Crippen LogP contribution in [0.15, 0.2) is 24.3 Å². The lowest BCUT2D eigenvalue weighted by atomic mass is 9.70. The van der Waals surface area contributed by atoms with Gasteiger partial charge in [0.1, 0.15) is 4.32 Å². The zero-order valence-corrected chi connectivity index (χ0v) is 15.0. The molecule has 0 amide bonds. The quantitative estimate of drug-likeness (QED) is 0.575. The SMILES string of the molecule is CC1(C)CCC(Br)(C(Br)c2ccc(Cl)cc2)C(=O)C1. The number of ketones is 1. The van der Waals surface area contributed by atoms with Crippen LogP contribution in [0.4, 0.5) is 0 Å². The summed E-state index contributed by atoms with van der Waals surface area (Å²) in [5, 5.41) is 0.711. The molecule has 0 aromatic heterocycles. The third-order valence-electron chi connectivity index (χ3n) is 3.83. The third kappa shape index (κ3) is 3.25. The van der Waals surface area contributed by atoms with Crippen molar-refractivity contribution in [1.82, 2.24) is 0 Å². The van der Waals surface area contributed by atoms with Gasteiger partial charge in [0.15, 0.2) is 5.78 Å². The molecule has 1 aliphatic rings. The first-order chi connectivity index (χ1) is 8.74. The van der Waals surface area contributed by atoms with Crippen molar-refractivity contribution >= 4 is 49.2 Å². The van der Waals surface area contributed by atoms with E-state index in [4.69, 9.17) is 11.6 Å². The molecule has 19 heavy (non-hydrogen) atoms. The molecule has 0 aliphatic heterocycles. The molecule has 0 heterocycles. The van der Waals surface area contributed by atoms with E-state index in [1.165, 1.54) is 0 Å². The molecule has 0 N–H and O–H groups in total. The van der Waals surface area contributed by atoms with E-state index in [1.54, 1.807) is 0 Å². The van der Waals surface area contributed by atoms with Crippen molar-refractivity contribution in [1.29, 1.82) is 0 Å². The van der Waals surface area contributed by atoms with E-state index in [0.29, 0.717) is 11.4 Å². The van der Waals surface area contributed by atoms with Crippen molar-refractivity contribution in [2.75, 3.05) is 0 Å². The normalized spacial score (nSPS) is 28.2. The van der Waals surface area contributed by atoms with E-state index < -0.39 is 4.32 Å². The molecule has 4 heteroatoms. The maximum atomic E-state index is 12.5. The number of Topliss-reactive ketones (excluding diaryl/α,β-unsaturated/α-hetero) is 1. The lowest BCUT2D eigenvalue weighted by Gasteiger charge is -2.41. The van der Waals surface area contributed by atoms with E-state index >= 15 is 0 Å². The summed E-state index contributed by atoms with van der Waals surface area (Å²) in [5.74, 6) is 0.278. The highest BCUT2D eigenvalue weighted by atomic mass is 79.9. The van der Waals surface area contributed by atoms with Gasteiger partial charge in [-0.1, -0.05) is 69.4 Å². The Hall–Kier alpha value is 0.140. The molecular weight excluding hydrogens is 391 g/mol. The van der Waals surface area contributed by atoms with Gasteiger partial charge in [0, 0.05) is 11.4 Å². The summed E-state index contributed by atoms with van der Waals surface area (Å²) < 4.78 is -0.504. The summed E-state index contributed by atoms with van der Waals surface area (Å²) in [4.78, 5) is 12.5. The first kappa shape index (κ1) is 15.5. The van der Waals surface area contributed by atoms with E-state index in [9.17, 15) is 4.79 Å². The second-order valence-corrected chi connectivity index (χ2v) is 8.81. The molecule has 104 valence electrons. The minimum Gasteiger partial charge on any atom is -0.298 e. The Bertz CT molecular complexity index is 483. The van der Waals surface area contributed by atoms with Gasteiger partial charge in [-0.25, -0.2) is 0 Å². The molecule has 0 bridgehead atoms. The number of rotatable bonds is 2. The Morgan fingerprint density at radius 1 is 1.21 bits per heavy atom. The fourth-order valence-corrected chi connectivity index (χ4v) is 4.01. The van der Waals surface area contributed by atoms with Gasteiger partial charge < -0.3 is 0 Å². The van der Waals surface area contributed by atoms with Gasteiger partial charge in [-0.3, -0.25) is 4.79 Å². The molecule has 0 spiro atoms. The van der Waals surface area contributed by atoms with Crippen molar-refractivity contribution < 1.29 is 4.79 Å². The number of hydrogen-bond donors (Lipinski definition) is 0. The van der Waals surface area contributed by atoms with Gasteiger partial charge in [-0.05, 0) is 36.0 Å². The molecule has 2 unspecified atom stereocenters. The van der Waals surface area contributed by atoms with Gasteiger partial charge in [-0.15, -0.1) is 0 Å². The molecule has 1 saturated carbocycles. The Morgan fingerprint density at radius 3 is 2.32 bits per heavy atom. The zero-order valence-electron chi connectivity index (χ0n) is 11.1. The van der Waals surface area contributed by atoms with Crippen LogP contribution in [0, 0.1) is 5.41 Å². The highest BCUT2D eigenvalue weighted by Gasteiger charge is 2.48. The summed E-state index contributed by atoms with van der Waals surface area (Å²) in [7, 11) is 0. The van der Waals surface area contributed by atoms with Crippen LogP contribution in [0.5, 0.6) is 0 Å². The van der Waals surface area contributed by atoms with Gasteiger partial charge in [-0.2, -0.15) is 0 Å². The van der Waals surface area contributed by atoms with Crippen LogP contribution in [0.3, 0.4) is 0 Å². The lowest BCUT2D eigenvalue weighted by molar-refractivity contribution is -0.125. The first-order valence-electron chi connectivity index (χ1n) is 6.36. The Balaban J connectivity index is 2.25. The molecule has 1 aromatic rings. The predicted molar refractivity (Wildman–Crippen MR) is 87.4 cm³/mol. The number of hydrogen-bond acceptors (Lipinski definition) is 1. The summed E-state index contributed by atoms with van der Waals surface area (Å²) in [6, 6.07) is 7.66. The van der Waals surface area contributed by atoms with Crippen LogP contribution in [0.1, 0.15) is 43.5 Å². The van der Waals surface area contributed by atoms with Gasteiger partial charge >= 0.3 is 0 Å². The topological polar surface area (TPSA) is 17.1 Å². The fraction of sp³-hybridized carbons (Fsp3) is 0.533. The van der Waals surface area contributed by atoms with Crippen molar-refractivity contribution in [3.8, 4) is 0 Å². The zero-order chi connectivity index (χ0) is 14.3. The standard InChI is InChI=1S/C15H17Br2ClO/c1-14(2)7-8-15(17,12(19)9-14)13(16)10-3-5-11(18)6-4-10/h3-6,13H,7-9H2,1-2H3. The van der Waals surface area contributed by atoms with E-state index in [1.807, 2.05) is 24.3 Å². The number of benzene rings is 1. The van der Waals surface area contributed by atoms with Gasteiger partial charge in [0.05, 0.1) is 4.83 Å². The van der Waals surface area contributed by atoms with Crippen molar-refractivity contribution in [2.45, 2.75) is 42.3 Å². The number of alkyl halides is 2. The van der Waals surface area contributed by atoms with Crippen molar-refractivity contribution in [2.24, 2.45) is 5.41 Å². The average molecular weight is 409 g/mol. The smallest absolute Gasteiger partial charge is 0.151 e. The highest BCUT2D eigenvalue weighted by molar-refractivity contribution is 9.12. The minimum atomic E-state index is -0.504. The van der Waals surface area contributed by atoms with Crippen molar-refractivity contribution in [3.63, 3.8) is 0 Å². The average Bonchev–Trinajstić information content (AvgIpc) is 2.34. The molecule has 2 atom stereocenters. The van der Waals surface area contributed by atoms with Crippen LogP contribution < -0.4 is 0 Å². The van der Waals surface area contributed by atoms with Gasteiger partial charge in [0.25, 0.3) is 0 Å². The molecule has 0 saturated heterocycles. The summed E-state index contributed by atoms with van der Waals surface area (Å²) >= 11 is 13.3. The largest absolute Gasteiger partial charge is 0.298 e. The summed E-state index contributed by atoms with van der Waals surface area (Å²) in [5.41, 5.74) is 1.19. The van der Waals surface area contributed by atoms with Crippen LogP contribution in [-0.2, 0) is 4.79 Å². The molecule has 1 fully saturated rings. The van der Waals surface area contributed by atoms with Crippen LogP contribution in [0.25, 0.3) is 0 Å². The Labute approximate surface area is 136 Å². The fourth-order valence-electron chi connectivity index (χ4n) is 2.49. The van der Waals surface area contributed by atoms with E-state index in [-0.39, 0.29) is 16.0 Å². The maximum absolute atomic E-state index is 12.5. The first-order valence-corrected chi connectivity index (χ1v) is 8.45. The van der Waals surface area contributed by atoms with Crippen molar-refractivity contribution in [3.05, 3.63) is 34.9 Å². The van der Waals surface area contributed by atoms with Crippen LogP contribution >= 0.6 is 43.5 Å². The predicted octanol–water partition coefficient (Wildman–Crippen LogP) is 5.69. The molecule has 1 aromatic carbocycles. The monoisotopic (exact) mass is 406 g/mol. The summed E-state index contributed by atoms with van der Waals surface area (Å²) in [6.45, 7) is 4.31. The van der Waals surface area contributed by atoms with Crippen LogP contribution in [-0.4, -0.2) is 10.1 Å². The Morgan fingerprint density at radius 2 is 1.79 bits per heavy atom.